The van der Waals surface area contributed by atoms with Gasteiger partial charge in [0.1, 0.15) is 12.4 Å². The van der Waals surface area contributed by atoms with Crippen LogP contribution in [-0.4, -0.2) is 17.0 Å². The van der Waals surface area contributed by atoms with E-state index in [1.807, 2.05) is 0 Å². The molecule has 0 spiro atoms. The summed E-state index contributed by atoms with van der Waals surface area (Å²) in [5.74, 6) is -0.928. The van der Waals surface area contributed by atoms with Crippen molar-refractivity contribution < 1.29 is 19.4 Å². The van der Waals surface area contributed by atoms with E-state index in [1.54, 1.807) is 24.3 Å². The van der Waals surface area contributed by atoms with E-state index in [9.17, 15) is 14.7 Å². The number of carboxylic acid groups (broad SMARTS) is 1. The molecular weight excluding hydrogens is 365 g/mol. The van der Waals surface area contributed by atoms with Crippen LogP contribution >= 0.6 is 23.2 Å². The standard InChI is InChI=1S/C18H15Cl2NO4/c19-12-4-3-11(15(20)7-12)9-25-13-5-6-16(14(8-13)18(23)24)21-17(22)10-1-2-10/h3-8,10H,1-2,9H2,(H,21,22)(H,23,24). The molecule has 0 atom stereocenters. The largest absolute Gasteiger partial charge is 0.489 e. The number of hydrogen-bond acceptors (Lipinski definition) is 3. The van der Waals surface area contributed by atoms with Crippen molar-refractivity contribution in [2.45, 2.75) is 19.4 Å². The van der Waals surface area contributed by atoms with Crippen molar-refractivity contribution in [2.75, 3.05) is 5.32 Å². The lowest BCUT2D eigenvalue weighted by Gasteiger charge is -2.12. The minimum Gasteiger partial charge on any atom is -0.489 e. The molecule has 25 heavy (non-hydrogen) atoms. The molecule has 0 aromatic heterocycles. The van der Waals surface area contributed by atoms with E-state index in [0.717, 1.165) is 18.4 Å². The first-order valence-corrected chi connectivity index (χ1v) is 8.44. The molecule has 0 unspecified atom stereocenters. The SMILES string of the molecule is O=C(O)c1cc(OCc2ccc(Cl)cc2Cl)ccc1NC(=O)C1CC1. The van der Waals surface area contributed by atoms with Gasteiger partial charge in [-0.05, 0) is 43.2 Å². The monoisotopic (exact) mass is 379 g/mol. The lowest BCUT2D eigenvalue weighted by Crippen LogP contribution is -2.16. The van der Waals surface area contributed by atoms with Gasteiger partial charge >= 0.3 is 5.97 Å². The number of carbonyl (C=O) groups excluding carboxylic acids is 1. The Balaban J connectivity index is 1.74. The van der Waals surface area contributed by atoms with Crippen LogP contribution in [0.1, 0.15) is 28.8 Å². The molecule has 3 rings (SSSR count). The number of benzene rings is 2. The fourth-order valence-electron chi connectivity index (χ4n) is 2.28. The van der Waals surface area contributed by atoms with Gasteiger partial charge in [-0.3, -0.25) is 4.79 Å². The number of carboxylic acids is 1. The highest BCUT2D eigenvalue weighted by atomic mass is 35.5. The molecule has 5 nitrogen and oxygen atoms in total. The summed E-state index contributed by atoms with van der Waals surface area (Å²) in [5, 5.41) is 13.0. The second kappa shape index (κ2) is 7.33. The fourth-order valence-corrected chi connectivity index (χ4v) is 2.74. The Morgan fingerprint density at radius 2 is 1.92 bits per heavy atom. The van der Waals surface area contributed by atoms with Crippen LogP contribution in [0.3, 0.4) is 0 Å². The number of hydrogen-bond donors (Lipinski definition) is 2. The number of nitrogens with one attached hydrogen (secondary N) is 1. The van der Waals surface area contributed by atoms with Gasteiger partial charge in [0.25, 0.3) is 0 Å². The average Bonchev–Trinajstić information content (AvgIpc) is 3.40. The zero-order chi connectivity index (χ0) is 18.0. The van der Waals surface area contributed by atoms with Gasteiger partial charge in [0.15, 0.2) is 0 Å². The summed E-state index contributed by atoms with van der Waals surface area (Å²) in [6.45, 7) is 0.169. The Morgan fingerprint density at radius 3 is 2.56 bits per heavy atom. The van der Waals surface area contributed by atoms with Crippen LogP contribution in [0, 0.1) is 5.92 Å². The molecule has 2 aromatic carbocycles. The van der Waals surface area contributed by atoms with Crippen molar-refractivity contribution >= 4 is 40.8 Å². The predicted octanol–water partition coefficient (Wildman–Crippen LogP) is 4.62. The first-order valence-electron chi connectivity index (χ1n) is 7.69. The van der Waals surface area contributed by atoms with Crippen molar-refractivity contribution in [3.8, 4) is 5.75 Å². The van der Waals surface area contributed by atoms with E-state index < -0.39 is 5.97 Å². The van der Waals surface area contributed by atoms with Gasteiger partial charge in [-0.1, -0.05) is 29.3 Å². The summed E-state index contributed by atoms with van der Waals surface area (Å²) in [6.07, 6.45) is 1.69. The number of rotatable bonds is 6. The minimum atomic E-state index is -1.14. The highest BCUT2D eigenvalue weighted by Gasteiger charge is 2.30. The van der Waals surface area contributed by atoms with Gasteiger partial charge in [0.2, 0.25) is 5.91 Å². The molecule has 1 aliphatic carbocycles. The molecule has 0 radical (unpaired) electrons. The van der Waals surface area contributed by atoms with Crippen LogP contribution in [-0.2, 0) is 11.4 Å². The van der Waals surface area contributed by atoms with E-state index >= 15 is 0 Å². The van der Waals surface area contributed by atoms with E-state index in [1.165, 1.54) is 12.1 Å². The normalized spacial score (nSPS) is 13.4. The molecule has 0 heterocycles. The maximum Gasteiger partial charge on any atom is 0.337 e. The Labute approximate surface area is 154 Å². The number of aromatic carboxylic acids is 1. The molecule has 1 amide bonds. The van der Waals surface area contributed by atoms with Crippen LogP contribution in [0.15, 0.2) is 36.4 Å². The third kappa shape index (κ3) is 4.44. The quantitative estimate of drug-likeness (QED) is 0.767. The van der Waals surface area contributed by atoms with Crippen LogP contribution < -0.4 is 10.1 Å². The van der Waals surface area contributed by atoms with Gasteiger partial charge in [-0.15, -0.1) is 0 Å². The molecule has 7 heteroatoms. The first-order chi connectivity index (χ1) is 11.9. The van der Waals surface area contributed by atoms with Crippen molar-refractivity contribution in [3.63, 3.8) is 0 Å². The van der Waals surface area contributed by atoms with Gasteiger partial charge in [0, 0.05) is 21.5 Å². The maximum absolute atomic E-state index is 11.8. The molecule has 130 valence electrons. The number of halogens is 2. The lowest BCUT2D eigenvalue weighted by atomic mass is 10.1. The summed E-state index contributed by atoms with van der Waals surface area (Å²) < 4.78 is 5.62. The molecule has 2 aromatic rings. The third-order valence-corrected chi connectivity index (χ3v) is 4.42. The Bertz CT molecular complexity index is 834. The van der Waals surface area contributed by atoms with Gasteiger partial charge in [0.05, 0.1) is 11.3 Å². The highest BCUT2D eigenvalue weighted by molar-refractivity contribution is 6.35. The number of anilines is 1. The molecule has 1 aliphatic rings. The number of amides is 1. The topological polar surface area (TPSA) is 75.6 Å². The highest BCUT2D eigenvalue weighted by Crippen LogP contribution is 2.31. The number of carbonyl (C=O) groups is 2. The Kier molecular flexibility index (Phi) is 5.16. The zero-order valence-electron chi connectivity index (χ0n) is 13.1. The zero-order valence-corrected chi connectivity index (χ0v) is 14.6. The second-order valence-electron chi connectivity index (χ2n) is 5.80. The minimum absolute atomic E-state index is 0.00961. The van der Waals surface area contributed by atoms with Gasteiger partial charge < -0.3 is 15.2 Å². The predicted molar refractivity (Wildman–Crippen MR) is 95.5 cm³/mol. The molecule has 1 fully saturated rings. The van der Waals surface area contributed by atoms with E-state index in [-0.39, 0.29) is 29.7 Å². The molecular formula is C18H15Cl2NO4. The molecule has 1 saturated carbocycles. The Hall–Kier alpha value is -2.24. The van der Waals surface area contributed by atoms with Crippen molar-refractivity contribution in [1.29, 1.82) is 0 Å². The summed E-state index contributed by atoms with van der Waals surface area (Å²) >= 11 is 11.9. The maximum atomic E-state index is 11.8. The summed E-state index contributed by atoms with van der Waals surface area (Å²) in [4.78, 5) is 23.3. The van der Waals surface area contributed by atoms with Gasteiger partial charge in [-0.25, -0.2) is 4.79 Å². The van der Waals surface area contributed by atoms with Crippen molar-refractivity contribution in [1.82, 2.24) is 0 Å². The smallest absolute Gasteiger partial charge is 0.337 e. The van der Waals surface area contributed by atoms with E-state index in [4.69, 9.17) is 27.9 Å². The summed E-state index contributed by atoms with van der Waals surface area (Å²) in [6, 6.07) is 9.58. The van der Waals surface area contributed by atoms with Crippen molar-refractivity contribution in [2.24, 2.45) is 5.92 Å². The molecule has 0 aliphatic heterocycles. The summed E-state index contributed by atoms with van der Waals surface area (Å²) in [7, 11) is 0. The lowest BCUT2D eigenvalue weighted by molar-refractivity contribution is -0.117. The number of ether oxygens (including phenoxy) is 1. The fraction of sp³-hybridized carbons (Fsp3) is 0.222. The van der Waals surface area contributed by atoms with Crippen LogP contribution in [0.4, 0.5) is 5.69 Å². The molecule has 2 N–H and O–H groups in total. The third-order valence-electron chi connectivity index (χ3n) is 3.84. The average molecular weight is 380 g/mol. The van der Waals surface area contributed by atoms with Crippen molar-refractivity contribution in [3.05, 3.63) is 57.6 Å². The van der Waals surface area contributed by atoms with E-state index in [2.05, 4.69) is 5.32 Å². The van der Waals surface area contributed by atoms with Crippen LogP contribution in [0.5, 0.6) is 5.75 Å². The van der Waals surface area contributed by atoms with Gasteiger partial charge in [-0.2, -0.15) is 0 Å². The Morgan fingerprint density at radius 1 is 1.16 bits per heavy atom. The van der Waals surface area contributed by atoms with E-state index in [0.29, 0.717) is 15.8 Å². The first kappa shape index (κ1) is 17.6. The summed E-state index contributed by atoms with van der Waals surface area (Å²) in [5.41, 5.74) is 0.976. The molecule has 0 bridgehead atoms. The second-order valence-corrected chi connectivity index (χ2v) is 6.64. The van der Waals surface area contributed by atoms with Crippen LogP contribution in [0.2, 0.25) is 10.0 Å². The molecule has 0 saturated heterocycles. The van der Waals surface area contributed by atoms with Crippen LogP contribution in [0.25, 0.3) is 0 Å².